The molecule has 0 radical (unpaired) electrons. The number of rotatable bonds is 2. The smallest absolute Gasteiger partial charge is 0.135 e. The van der Waals surface area contributed by atoms with Gasteiger partial charge in [-0.25, -0.2) is 0 Å². The third-order valence-corrected chi connectivity index (χ3v) is 11.1. The van der Waals surface area contributed by atoms with Crippen molar-refractivity contribution >= 4 is 39.8 Å². The monoisotopic (exact) mass is 614 g/mol. The first-order valence-corrected chi connectivity index (χ1v) is 16.8. The number of hydrogen-bond acceptors (Lipinski definition) is 2. The zero-order valence-electron chi connectivity index (χ0n) is 26.3. The lowest BCUT2D eigenvalue weighted by atomic mass is 9.89. The van der Waals surface area contributed by atoms with Gasteiger partial charge in [0.05, 0.1) is 5.92 Å². The Morgan fingerprint density at radius 3 is 2.21 bits per heavy atom. The van der Waals surface area contributed by atoms with Gasteiger partial charge >= 0.3 is 0 Å². The van der Waals surface area contributed by atoms with E-state index in [4.69, 9.17) is 9.15 Å². The van der Waals surface area contributed by atoms with Gasteiger partial charge in [0.25, 0.3) is 0 Å². The lowest BCUT2D eigenvalue weighted by Crippen LogP contribution is -2.32. The topological polar surface area (TPSA) is 22.4 Å². The van der Waals surface area contributed by atoms with Crippen molar-refractivity contribution in [3.8, 4) is 39.1 Å². The molecule has 48 heavy (non-hydrogen) atoms. The Bertz CT molecular complexity index is 2690. The van der Waals surface area contributed by atoms with Crippen LogP contribution >= 0.6 is 0 Å². The number of furan rings is 1. The van der Waals surface area contributed by atoms with E-state index in [2.05, 4.69) is 135 Å². The van der Waals surface area contributed by atoms with Crippen molar-refractivity contribution in [2.45, 2.75) is 24.9 Å². The molecule has 0 saturated heterocycles. The molecule has 2 heterocycles. The first-order valence-electron chi connectivity index (χ1n) is 16.8. The lowest BCUT2D eigenvalue weighted by Gasteiger charge is -2.14. The molecule has 4 aliphatic carbocycles. The predicted octanol–water partition coefficient (Wildman–Crippen LogP) is 10.1. The molecule has 0 fully saturated rings. The summed E-state index contributed by atoms with van der Waals surface area (Å²) < 4.78 is 13.1. The predicted molar refractivity (Wildman–Crippen MR) is 197 cm³/mol. The molecule has 0 N–H and O–H groups in total. The fraction of sp³-hybridized carbons (Fsp3) is 0.0870. The molecular formula is C46H30O2. The van der Waals surface area contributed by atoms with Crippen LogP contribution in [0, 0.1) is 0 Å². The van der Waals surface area contributed by atoms with E-state index in [-0.39, 0.29) is 12.0 Å². The third-order valence-electron chi connectivity index (χ3n) is 11.1. The maximum absolute atomic E-state index is 6.57. The van der Waals surface area contributed by atoms with E-state index >= 15 is 0 Å². The second-order valence-corrected chi connectivity index (χ2v) is 13.6. The third kappa shape index (κ3) is 3.52. The maximum Gasteiger partial charge on any atom is 0.135 e. The fourth-order valence-electron chi connectivity index (χ4n) is 8.70. The van der Waals surface area contributed by atoms with Gasteiger partial charge in [0.15, 0.2) is 0 Å². The molecule has 2 nitrogen and oxygen atoms in total. The van der Waals surface area contributed by atoms with Crippen molar-refractivity contribution < 1.29 is 9.15 Å². The standard InChI is InChI=1S/C46H30O2/c1-25-31-7-3-5-9-33(31)35-15-11-27(19-37(25)35)29-13-17-43-39(21-29)41-23-46-42(24-45(41)47-43)40-22-30(14-18-44(40)48-46)28-12-16-36-34-10-6-4-8-32(34)26(2)38(36)20-28/h3-5,7-9,11-24,42,46H,1-2,6,10H2. The quantitative estimate of drug-likeness (QED) is 0.193. The second kappa shape index (κ2) is 9.36. The van der Waals surface area contributed by atoms with E-state index in [1.54, 1.807) is 0 Å². The summed E-state index contributed by atoms with van der Waals surface area (Å²) in [6.07, 6.45) is 11.2. The molecule has 5 aliphatic rings. The van der Waals surface area contributed by atoms with Crippen LogP contribution in [0.3, 0.4) is 0 Å². The van der Waals surface area contributed by atoms with Crippen LogP contribution in [0.1, 0.15) is 46.6 Å². The Morgan fingerprint density at radius 2 is 1.33 bits per heavy atom. The molecule has 0 bridgehead atoms. The summed E-state index contributed by atoms with van der Waals surface area (Å²) in [6.45, 7) is 8.89. The first kappa shape index (κ1) is 26.2. The Hall–Kier alpha value is -5.86. The van der Waals surface area contributed by atoms with Crippen LogP contribution in [0.25, 0.3) is 73.2 Å². The van der Waals surface area contributed by atoms with Gasteiger partial charge in [0.1, 0.15) is 22.9 Å². The average molecular weight is 615 g/mol. The summed E-state index contributed by atoms with van der Waals surface area (Å²) in [5.41, 5.74) is 20.3. The van der Waals surface area contributed by atoms with Gasteiger partial charge in [0.2, 0.25) is 0 Å². The zero-order chi connectivity index (χ0) is 31.7. The van der Waals surface area contributed by atoms with E-state index in [0.717, 1.165) is 56.9 Å². The molecule has 0 saturated carbocycles. The molecule has 0 spiro atoms. The van der Waals surface area contributed by atoms with Crippen LogP contribution in [0.2, 0.25) is 0 Å². The highest BCUT2D eigenvalue weighted by atomic mass is 16.5. The highest BCUT2D eigenvalue weighted by molar-refractivity contribution is 6.03. The van der Waals surface area contributed by atoms with Crippen LogP contribution in [-0.4, -0.2) is 6.10 Å². The number of allylic oxidation sites excluding steroid dienone is 5. The van der Waals surface area contributed by atoms with E-state index in [0.29, 0.717) is 0 Å². The van der Waals surface area contributed by atoms with E-state index in [1.165, 1.54) is 66.8 Å². The van der Waals surface area contributed by atoms with Crippen LogP contribution < -0.4 is 15.4 Å². The van der Waals surface area contributed by atoms with E-state index in [9.17, 15) is 0 Å². The number of benzene rings is 5. The van der Waals surface area contributed by atoms with Crippen molar-refractivity contribution in [2.75, 3.05) is 0 Å². The number of hydrogen-bond donors (Lipinski definition) is 0. The van der Waals surface area contributed by atoms with Crippen molar-refractivity contribution in [1.29, 1.82) is 0 Å². The lowest BCUT2D eigenvalue weighted by molar-refractivity contribution is 0.287. The van der Waals surface area contributed by atoms with Crippen molar-refractivity contribution in [1.82, 2.24) is 0 Å². The molecule has 5 aromatic carbocycles. The molecule has 2 atom stereocenters. The Labute approximate surface area is 278 Å². The van der Waals surface area contributed by atoms with E-state index in [1.807, 2.05) is 0 Å². The van der Waals surface area contributed by atoms with Gasteiger partial charge in [-0.2, -0.15) is 0 Å². The maximum atomic E-state index is 6.57. The normalized spacial score (nSPS) is 19.1. The van der Waals surface area contributed by atoms with Gasteiger partial charge in [-0.3, -0.25) is 0 Å². The van der Waals surface area contributed by atoms with Crippen LogP contribution in [-0.2, 0) is 0 Å². The molecule has 1 aromatic heterocycles. The van der Waals surface area contributed by atoms with Crippen LogP contribution in [0.4, 0.5) is 0 Å². The van der Waals surface area contributed by atoms with Crippen molar-refractivity contribution in [3.63, 3.8) is 0 Å². The van der Waals surface area contributed by atoms with Gasteiger partial charge in [-0.15, -0.1) is 0 Å². The highest BCUT2D eigenvalue weighted by Gasteiger charge is 2.35. The van der Waals surface area contributed by atoms with Gasteiger partial charge in [-0.1, -0.05) is 86.0 Å². The van der Waals surface area contributed by atoms with Crippen molar-refractivity contribution in [3.05, 3.63) is 166 Å². The molecule has 226 valence electrons. The highest BCUT2D eigenvalue weighted by Crippen LogP contribution is 2.48. The largest absolute Gasteiger partial charge is 0.485 e. The summed E-state index contributed by atoms with van der Waals surface area (Å²) in [5.74, 6) is 1.05. The molecule has 6 aromatic rings. The molecule has 2 unspecified atom stereocenters. The first-order chi connectivity index (χ1) is 23.6. The van der Waals surface area contributed by atoms with Crippen molar-refractivity contribution in [2.24, 2.45) is 0 Å². The number of fused-ring (bicyclic) bond motifs is 11. The zero-order valence-corrected chi connectivity index (χ0v) is 26.3. The summed E-state index contributed by atoms with van der Waals surface area (Å²) >= 11 is 0. The Kier molecular flexibility index (Phi) is 5.12. The SMILES string of the molecule is C=C1C2=C(CCC=C2)c2ccc(-c3ccc4c(c3)C3C=c5oc6ccc(-c7ccc8c(c7)C(=C)c7ccccc7-8)cc6c5=CC3O4)cc21. The molecule has 11 rings (SSSR count). The number of ether oxygens (including phenoxy) is 1. The minimum absolute atomic E-state index is 0.0726. The van der Waals surface area contributed by atoms with Gasteiger partial charge in [0, 0.05) is 16.2 Å². The molecule has 0 amide bonds. The summed E-state index contributed by atoms with van der Waals surface area (Å²) in [4.78, 5) is 0. The molecular weight excluding hydrogens is 585 g/mol. The van der Waals surface area contributed by atoms with Crippen LogP contribution in [0.5, 0.6) is 5.75 Å². The van der Waals surface area contributed by atoms with Gasteiger partial charge in [-0.05, 0) is 139 Å². The average Bonchev–Trinajstić information content (AvgIpc) is 3.85. The van der Waals surface area contributed by atoms with Crippen LogP contribution in [0.15, 0.2) is 132 Å². The summed E-state index contributed by atoms with van der Waals surface area (Å²) in [5, 5.41) is 2.23. The van der Waals surface area contributed by atoms with E-state index < -0.39 is 0 Å². The minimum atomic E-state index is -0.0726. The Balaban J connectivity index is 0.950. The van der Waals surface area contributed by atoms with Gasteiger partial charge < -0.3 is 9.15 Å². The second-order valence-electron chi connectivity index (χ2n) is 13.6. The summed E-state index contributed by atoms with van der Waals surface area (Å²) in [7, 11) is 0. The summed E-state index contributed by atoms with van der Waals surface area (Å²) in [6, 6.07) is 35.3. The Morgan fingerprint density at radius 1 is 0.625 bits per heavy atom. The molecule has 1 aliphatic heterocycles. The minimum Gasteiger partial charge on any atom is -0.485 e. The molecule has 2 heteroatoms. The fourth-order valence-corrected chi connectivity index (χ4v) is 8.70.